The van der Waals surface area contributed by atoms with E-state index in [1.165, 1.54) is 6.08 Å². The van der Waals surface area contributed by atoms with E-state index in [1.54, 1.807) is 6.92 Å². The van der Waals surface area contributed by atoms with Gasteiger partial charge in [-0.15, -0.1) is 11.3 Å². The molecule has 1 atom stereocenters. The molecule has 0 aromatic carbocycles. The number of nitrogens with zero attached hydrogens (tertiary/aromatic N) is 2. The van der Waals surface area contributed by atoms with Crippen LogP contribution in [0.4, 0.5) is 0 Å². The Kier molecular flexibility index (Phi) is 10.0. The zero-order valence-electron chi connectivity index (χ0n) is 19.6. The number of aryl methyl sites for hydroxylation is 1. The van der Waals surface area contributed by atoms with Gasteiger partial charge in [0.25, 0.3) is 5.56 Å². The Morgan fingerprint density at radius 3 is 2.59 bits per heavy atom. The molecule has 9 heteroatoms. The van der Waals surface area contributed by atoms with E-state index in [9.17, 15) is 14.7 Å². The molecule has 8 nitrogen and oxygen atoms in total. The van der Waals surface area contributed by atoms with Crippen molar-refractivity contribution in [2.75, 3.05) is 32.9 Å². The number of aromatic amines is 1. The van der Waals surface area contributed by atoms with Crippen LogP contribution in [-0.4, -0.2) is 65.0 Å². The first-order chi connectivity index (χ1) is 15.1. The van der Waals surface area contributed by atoms with Gasteiger partial charge in [-0.25, -0.2) is 9.78 Å². The van der Waals surface area contributed by atoms with Gasteiger partial charge in [0.15, 0.2) is 0 Å². The Morgan fingerprint density at radius 1 is 1.25 bits per heavy atom. The number of carbonyl (C=O) groups is 1. The van der Waals surface area contributed by atoms with Crippen molar-refractivity contribution in [1.82, 2.24) is 14.9 Å². The lowest BCUT2D eigenvalue weighted by Crippen LogP contribution is -2.37. The number of aromatic nitrogens is 2. The van der Waals surface area contributed by atoms with Crippen molar-refractivity contribution in [2.24, 2.45) is 11.8 Å². The van der Waals surface area contributed by atoms with Gasteiger partial charge in [-0.3, -0.25) is 9.69 Å². The lowest BCUT2D eigenvalue weighted by atomic mass is 10.2. The second-order valence-electron chi connectivity index (χ2n) is 8.81. The Morgan fingerprint density at radius 2 is 1.97 bits per heavy atom. The van der Waals surface area contributed by atoms with Gasteiger partial charge in [-0.05, 0) is 24.3 Å². The van der Waals surface area contributed by atoms with Crippen molar-refractivity contribution in [3.63, 3.8) is 0 Å². The number of esters is 1. The zero-order chi connectivity index (χ0) is 23.8. The third-order valence-electron chi connectivity index (χ3n) is 4.59. The van der Waals surface area contributed by atoms with Gasteiger partial charge in [0.1, 0.15) is 22.1 Å². The summed E-state index contributed by atoms with van der Waals surface area (Å²) in [6, 6.07) is 0. The topological polar surface area (TPSA) is 105 Å². The van der Waals surface area contributed by atoms with Gasteiger partial charge in [0, 0.05) is 19.7 Å². The Labute approximate surface area is 193 Å². The van der Waals surface area contributed by atoms with Crippen LogP contribution in [0, 0.1) is 18.8 Å². The highest BCUT2D eigenvalue weighted by atomic mass is 32.1. The molecule has 0 saturated heterocycles. The van der Waals surface area contributed by atoms with E-state index >= 15 is 0 Å². The zero-order valence-corrected chi connectivity index (χ0v) is 20.5. The summed E-state index contributed by atoms with van der Waals surface area (Å²) in [5, 5.41) is 10.8. The number of aliphatic hydroxyl groups excluding tert-OH is 1. The van der Waals surface area contributed by atoms with Crippen LogP contribution in [-0.2, 0) is 16.0 Å². The second kappa shape index (κ2) is 12.2. The van der Waals surface area contributed by atoms with Gasteiger partial charge in [0.2, 0.25) is 0 Å². The third-order valence-corrected chi connectivity index (χ3v) is 5.76. The molecule has 32 heavy (non-hydrogen) atoms. The van der Waals surface area contributed by atoms with Crippen molar-refractivity contribution in [3.05, 3.63) is 39.3 Å². The Hall–Kier alpha value is -2.07. The van der Waals surface area contributed by atoms with E-state index < -0.39 is 12.1 Å². The number of carbonyl (C=O) groups excluding carboxylic acids is 1. The Balaban J connectivity index is 2.21. The van der Waals surface area contributed by atoms with Crippen LogP contribution >= 0.6 is 11.3 Å². The summed E-state index contributed by atoms with van der Waals surface area (Å²) < 4.78 is 10.7. The predicted octanol–water partition coefficient (Wildman–Crippen LogP) is 3.13. The molecule has 2 N–H and O–H groups in total. The normalized spacial score (nSPS) is 12.8. The number of thiophene rings is 1. The molecule has 2 aromatic heterocycles. The first-order valence-electron chi connectivity index (χ1n) is 10.9. The summed E-state index contributed by atoms with van der Waals surface area (Å²) >= 11 is 1.15. The summed E-state index contributed by atoms with van der Waals surface area (Å²) in [6.45, 7) is 16.0. The minimum absolute atomic E-state index is 0.106. The number of hydrogen-bond acceptors (Lipinski definition) is 8. The molecule has 2 rings (SSSR count). The highest BCUT2D eigenvalue weighted by Crippen LogP contribution is 2.27. The van der Waals surface area contributed by atoms with Crippen LogP contribution in [0.3, 0.4) is 0 Å². The largest absolute Gasteiger partial charge is 0.457 e. The average molecular weight is 466 g/mol. The van der Waals surface area contributed by atoms with Crippen LogP contribution < -0.4 is 5.56 Å². The molecule has 178 valence electrons. The van der Waals surface area contributed by atoms with Crippen molar-refractivity contribution in [1.29, 1.82) is 0 Å². The summed E-state index contributed by atoms with van der Waals surface area (Å²) in [6.07, 6.45) is 0.855. The summed E-state index contributed by atoms with van der Waals surface area (Å²) in [5.74, 6) is 0.774. The van der Waals surface area contributed by atoms with Crippen molar-refractivity contribution in [3.8, 4) is 0 Å². The van der Waals surface area contributed by atoms with Gasteiger partial charge in [-0.2, -0.15) is 0 Å². The van der Waals surface area contributed by atoms with Gasteiger partial charge in [0.05, 0.1) is 24.6 Å². The lowest BCUT2D eigenvalue weighted by molar-refractivity contribution is 0.00485. The first-order valence-corrected chi connectivity index (χ1v) is 11.7. The molecule has 0 aliphatic carbocycles. The van der Waals surface area contributed by atoms with E-state index in [0.717, 1.165) is 17.9 Å². The number of ether oxygens (including phenoxy) is 2. The number of aliphatic hydroxyl groups is 1. The molecule has 2 heterocycles. The molecule has 0 aliphatic heterocycles. The third kappa shape index (κ3) is 7.51. The first kappa shape index (κ1) is 26.2. The highest BCUT2D eigenvalue weighted by Gasteiger charge is 2.21. The van der Waals surface area contributed by atoms with Crippen LogP contribution in [0.5, 0.6) is 0 Å². The van der Waals surface area contributed by atoms with Gasteiger partial charge in [-0.1, -0.05) is 40.3 Å². The quantitative estimate of drug-likeness (QED) is 0.346. The summed E-state index contributed by atoms with van der Waals surface area (Å²) in [7, 11) is 0. The minimum atomic E-state index is -0.641. The molecule has 0 spiro atoms. The molecule has 2 aromatic rings. The van der Waals surface area contributed by atoms with Gasteiger partial charge >= 0.3 is 5.97 Å². The SMILES string of the molecule is C=CCOC(=O)c1sc2nc(CN(CC(C)C)CC(O)COCC(C)C)[nH]c(=O)c2c1C. The molecule has 0 amide bonds. The van der Waals surface area contributed by atoms with Crippen molar-refractivity contribution in [2.45, 2.75) is 47.3 Å². The standard InChI is InChI=1S/C23H35N3O5S/c1-7-8-31-23(29)20-16(6)19-21(28)24-18(25-22(19)32-20)11-26(9-14(2)3)10-17(27)13-30-12-15(4)5/h7,14-15,17,27H,1,8-13H2,2-6H3,(H,24,25,28). The maximum Gasteiger partial charge on any atom is 0.348 e. The van der Waals surface area contributed by atoms with Crippen LogP contribution in [0.25, 0.3) is 10.2 Å². The molecule has 0 fully saturated rings. The van der Waals surface area contributed by atoms with E-state index in [4.69, 9.17) is 9.47 Å². The predicted molar refractivity (Wildman–Crippen MR) is 127 cm³/mol. The summed E-state index contributed by atoms with van der Waals surface area (Å²) in [4.78, 5) is 35.4. The number of fused-ring (bicyclic) bond motifs is 1. The van der Waals surface area contributed by atoms with Crippen LogP contribution in [0.1, 0.15) is 48.8 Å². The number of hydrogen-bond donors (Lipinski definition) is 2. The fourth-order valence-electron chi connectivity index (χ4n) is 3.38. The fraction of sp³-hybridized carbons (Fsp3) is 0.609. The molecule has 0 aliphatic rings. The molecule has 0 saturated carbocycles. The molecular formula is C23H35N3O5S. The second-order valence-corrected chi connectivity index (χ2v) is 9.81. The van der Waals surface area contributed by atoms with Crippen molar-refractivity contribution >= 4 is 27.5 Å². The number of H-pyrrole nitrogens is 1. The molecule has 1 unspecified atom stereocenters. The van der Waals surface area contributed by atoms with E-state index in [0.29, 0.717) is 58.0 Å². The number of rotatable bonds is 13. The van der Waals surface area contributed by atoms with E-state index in [1.807, 2.05) is 0 Å². The minimum Gasteiger partial charge on any atom is -0.457 e. The maximum absolute atomic E-state index is 12.8. The van der Waals surface area contributed by atoms with Crippen LogP contribution in [0.15, 0.2) is 17.4 Å². The molecule has 0 radical (unpaired) electrons. The Bertz CT molecular complexity index is 966. The van der Waals surface area contributed by atoms with E-state index in [2.05, 4.69) is 49.1 Å². The molecule has 0 bridgehead atoms. The number of nitrogens with one attached hydrogen (secondary N) is 1. The van der Waals surface area contributed by atoms with Crippen LogP contribution in [0.2, 0.25) is 0 Å². The smallest absolute Gasteiger partial charge is 0.348 e. The fourth-order valence-corrected chi connectivity index (χ4v) is 4.48. The monoisotopic (exact) mass is 465 g/mol. The van der Waals surface area contributed by atoms with E-state index in [-0.39, 0.29) is 18.8 Å². The molecular weight excluding hydrogens is 430 g/mol. The maximum atomic E-state index is 12.8. The van der Waals surface area contributed by atoms with Crippen molar-refractivity contribution < 1.29 is 19.4 Å². The average Bonchev–Trinajstić information content (AvgIpc) is 3.02. The van der Waals surface area contributed by atoms with Gasteiger partial charge < -0.3 is 19.6 Å². The highest BCUT2D eigenvalue weighted by molar-refractivity contribution is 7.20. The lowest BCUT2D eigenvalue weighted by Gasteiger charge is -2.26. The summed E-state index contributed by atoms with van der Waals surface area (Å²) in [5.41, 5.74) is 0.281.